The molecule has 0 unspecified atom stereocenters. The molecule has 2 saturated heterocycles. The zero-order chi connectivity index (χ0) is 19.3. The van der Waals surface area contributed by atoms with E-state index >= 15 is 0 Å². The van der Waals surface area contributed by atoms with Gasteiger partial charge in [-0.25, -0.2) is 0 Å². The highest BCUT2D eigenvalue weighted by Crippen LogP contribution is 2.57. The normalized spacial score (nSPS) is 26.3. The van der Waals surface area contributed by atoms with Crippen molar-refractivity contribution < 1.29 is 23.1 Å². The second-order valence-corrected chi connectivity index (χ2v) is 8.95. The molecule has 0 radical (unpaired) electrons. The lowest BCUT2D eigenvalue weighted by atomic mass is 9.93. The third-order valence-electron chi connectivity index (χ3n) is 5.05. The molecule has 27 heavy (non-hydrogen) atoms. The van der Waals surface area contributed by atoms with Crippen molar-refractivity contribution in [1.29, 1.82) is 0 Å². The maximum atomic E-state index is 13.3. The van der Waals surface area contributed by atoms with Crippen LogP contribution in [0.5, 0.6) is 0 Å². The number of nitrogens with one attached hydrogen (secondary N) is 1. The molecule has 2 aliphatic rings. The van der Waals surface area contributed by atoms with Crippen LogP contribution in [0.4, 0.5) is 0 Å². The summed E-state index contributed by atoms with van der Waals surface area (Å²) < 4.78 is 29.7. The van der Waals surface area contributed by atoms with Crippen LogP contribution in [0, 0.1) is 5.92 Å². The third-order valence-corrected chi connectivity index (χ3v) is 7.41. The first-order chi connectivity index (χ1) is 13.1. The fourth-order valence-electron chi connectivity index (χ4n) is 3.82. The van der Waals surface area contributed by atoms with E-state index in [-0.39, 0.29) is 17.9 Å². The lowest BCUT2D eigenvalue weighted by Crippen LogP contribution is -2.44. The van der Waals surface area contributed by atoms with Gasteiger partial charge >= 0.3 is 7.60 Å². The smallest absolute Gasteiger partial charge is 0.347 e. The van der Waals surface area contributed by atoms with Gasteiger partial charge in [0, 0.05) is 19.1 Å². The highest BCUT2D eigenvalue weighted by atomic mass is 31.2. The van der Waals surface area contributed by atoms with E-state index in [9.17, 15) is 9.36 Å². The summed E-state index contributed by atoms with van der Waals surface area (Å²) in [6.45, 7) is 6.49. The largest absolute Gasteiger partial charge is 0.378 e. The topological polar surface area (TPSA) is 77.1 Å². The number of hydrogen-bond donors (Lipinski definition) is 1. The van der Waals surface area contributed by atoms with Crippen LogP contribution >= 0.6 is 7.60 Å². The fourth-order valence-corrected chi connectivity index (χ4v) is 5.80. The van der Waals surface area contributed by atoms with Gasteiger partial charge in [-0.05, 0) is 25.8 Å². The molecular formula is C19H29N2O5P. The Morgan fingerprint density at radius 2 is 1.81 bits per heavy atom. The number of amides is 1. The summed E-state index contributed by atoms with van der Waals surface area (Å²) >= 11 is 0. The van der Waals surface area contributed by atoms with Gasteiger partial charge in [-0.15, -0.1) is 0 Å². The number of rotatable bonds is 7. The van der Waals surface area contributed by atoms with E-state index in [2.05, 4.69) is 5.32 Å². The van der Waals surface area contributed by atoms with E-state index < -0.39 is 13.4 Å². The van der Waals surface area contributed by atoms with Gasteiger partial charge in [0.1, 0.15) is 5.78 Å². The number of ether oxygens (including phenoxy) is 1. The summed E-state index contributed by atoms with van der Waals surface area (Å²) in [7, 11) is -3.35. The molecule has 0 aromatic heterocycles. The quantitative estimate of drug-likeness (QED) is 0.715. The zero-order valence-electron chi connectivity index (χ0n) is 16.0. The minimum atomic E-state index is -3.35. The Labute approximate surface area is 160 Å². The van der Waals surface area contributed by atoms with Crippen molar-refractivity contribution in [1.82, 2.24) is 10.2 Å². The molecule has 1 amide bonds. The molecule has 1 aromatic carbocycles. The average molecular weight is 396 g/mol. The lowest BCUT2D eigenvalue weighted by molar-refractivity contribution is -0.140. The van der Waals surface area contributed by atoms with Crippen molar-refractivity contribution in [3.05, 3.63) is 35.9 Å². The van der Waals surface area contributed by atoms with Gasteiger partial charge in [-0.3, -0.25) is 14.7 Å². The summed E-state index contributed by atoms with van der Waals surface area (Å²) in [6.07, 6.45) is 0.424. The Kier molecular flexibility index (Phi) is 7.06. The van der Waals surface area contributed by atoms with Gasteiger partial charge in [0.05, 0.1) is 32.3 Å². The second-order valence-electron chi connectivity index (χ2n) is 6.73. The van der Waals surface area contributed by atoms with Crippen LogP contribution in [0.15, 0.2) is 30.3 Å². The van der Waals surface area contributed by atoms with Gasteiger partial charge in [0.15, 0.2) is 0 Å². The predicted octanol–water partition coefficient (Wildman–Crippen LogP) is 2.79. The first-order valence-electron chi connectivity index (χ1n) is 9.65. The maximum Gasteiger partial charge on any atom is 0.347 e. The van der Waals surface area contributed by atoms with Crippen molar-refractivity contribution in [3.8, 4) is 0 Å². The first kappa shape index (κ1) is 20.5. The molecule has 0 bridgehead atoms. The van der Waals surface area contributed by atoms with Gasteiger partial charge < -0.3 is 18.7 Å². The van der Waals surface area contributed by atoms with E-state index in [4.69, 9.17) is 13.8 Å². The molecule has 2 aliphatic heterocycles. The van der Waals surface area contributed by atoms with Crippen LogP contribution in [0.2, 0.25) is 0 Å². The standard InChI is InChI=1S/C19H29N2O5P/c1-3-25-27(23,26-4-2)17-14-16(19(22)21-10-12-24-13-11-21)18(20-17)15-8-6-5-7-9-15/h5-9,16-18,20H,3-4,10-14H2,1-2H3/t16-,17+,18-/m0/s1. The SMILES string of the molecule is CCOP(=O)(OCC)[C@@H]1C[C@H](C(=O)N2CCOCC2)[C@H](c2ccccc2)N1. The third kappa shape index (κ3) is 4.61. The van der Waals surface area contributed by atoms with E-state index in [1.165, 1.54) is 0 Å². The predicted molar refractivity (Wildman–Crippen MR) is 102 cm³/mol. The van der Waals surface area contributed by atoms with E-state index in [1.807, 2.05) is 35.2 Å². The molecule has 3 atom stereocenters. The molecule has 1 aromatic rings. The Balaban J connectivity index is 1.86. The zero-order valence-corrected chi connectivity index (χ0v) is 16.9. The number of hydrogen-bond acceptors (Lipinski definition) is 6. The second kappa shape index (κ2) is 9.30. The van der Waals surface area contributed by atoms with E-state index in [0.717, 1.165) is 5.56 Å². The molecule has 2 heterocycles. The van der Waals surface area contributed by atoms with E-state index in [1.54, 1.807) is 13.8 Å². The van der Waals surface area contributed by atoms with Crippen molar-refractivity contribution in [2.75, 3.05) is 39.5 Å². The van der Waals surface area contributed by atoms with Crippen LogP contribution in [-0.2, 0) is 23.1 Å². The fraction of sp³-hybridized carbons (Fsp3) is 0.632. The Bertz CT molecular complexity index is 655. The molecule has 0 spiro atoms. The van der Waals surface area contributed by atoms with Crippen LogP contribution < -0.4 is 5.32 Å². The van der Waals surface area contributed by atoms with Crippen molar-refractivity contribution >= 4 is 13.5 Å². The van der Waals surface area contributed by atoms with Crippen molar-refractivity contribution in [2.45, 2.75) is 32.1 Å². The minimum absolute atomic E-state index is 0.0710. The number of carbonyl (C=O) groups is 1. The summed E-state index contributed by atoms with van der Waals surface area (Å²) in [5.41, 5.74) is 1.01. The molecule has 1 N–H and O–H groups in total. The number of carbonyl (C=O) groups excluding carboxylic acids is 1. The van der Waals surface area contributed by atoms with Crippen LogP contribution in [0.3, 0.4) is 0 Å². The van der Waals surface area contributed by atoms with E-state index in [0.29, 0.717) is 45.9 Å². The first-order valence-corrected chi connectivity index (χ1v) is 11.3. The lowest BCUT2D eigenvalue weighted by Gasteiger charge is -2.31. The number of nitrogens with zero attached hydrogens (tertiary/aromatic N) is 1. The summed E-state index contributed by atoms with van der Waals surface area (Å²) in [4.78, 5) is 15.1. The van der Waals surface area contributed by atoms with Gasteiger partial charge in [-0.2, -0.15) is 0 Å². The summed E-state index contributed by atoms with van der Waals surface area (Å²) in [5, 5.41) is 3.40. The molecule has 150 valence electrons. The summed E-state index contributed by atoms with van der Waals surface area (Å²) in [5.74, 6) is -0.746. The summed E-state index contributed by atoms with van der Waals surface area (Å²) in [6, 6.07) is 9.61. The minimum Gasteiger partial charge on any atom is -0.378 e. The molecule has 0 saturated carbocycles. The van der Waals surface area contributed by atoms with Crippen molar-refractivity contribution in [3.63, 3.8) is 0 Å². The highest BCUT2D eigenvalue weighted by molar-refractivity contribution is 7.54. The Hall–Kier alpha value is -1.24. The number of morpholine rings is 1. The van der Waals surface area contributed by atoms with Gasteiger partial charge in [0.2, 0.25) is 5.91 Å². The van der Waals surface area contributed by atoms with Crippen LogP contribution in [-0.4, -0.2) is 56.1 Å². The Morgan fingerprint density at radius 1 is 1.19 bits per heavy atom. The average Bonchev–Trinajstić information content (AvgIpc) is 3.15. The van der Waals surface area contributed by atoms with Gasteiger partial charge in [0.25, 0.3) is 0 Å². The van der Waals surface area contributed by atoms with Crippen LogP contribution in [0.1, 0.15) is 31.9 Å². The monoisotopic (exact) mass is 396 g/mol. The molecule has 7 nitrogen and oxygen atoms in total. The molecular weight excluding hydrogens is 367 g/mol. The molecule has 3 rings (SSSR count). The molecule has 0 aliphatic carbocycles. The van der Waals surface area contributed by atoms with Crippen LogP contribution in [0.25, 0.3) is 0 Å². The Morgan fingerprint density at radius 3 is 2.41 bits per heavy atom. The number of benzene rings is 1. The van der Waals surface area contributed by atoms with Gasteiger partial charge in [-0.1, -0.05) is 30.3 Å². The molecule has 2 fully saturated rings. The van der Waals surface area contributed by atoms with Crippen molar-refractivity contribution in [2.24, 2.45) is 5.92 Å². The maximum absolute atomic E-state index is 13.3. The molecule has 8 heteroatoms. The highest BCUT2D eigenvalue weighted by Gasteiger charge is 2.49.